The average Bonchev–Trinajstić information content (AvgIpc) is 3.19. The van der Waals surface area contributed by atoms with E-state index in [2.05, 4.69) is 14.9 Å². The minimum atomic E-state index is -3.41. The van der Waals surface area contributed by atoms with Crippen molar-refractivity contribution >= 4 is 32.7 Å². The van der Waals surface area contributed by atoms with Crippen LogP contribution in [-0.4, -0.2) is 48.2 Å². The number of fused-ring (bicyclic) bond motifs is 2. The van der Waals surface area contributed by atoms with E-state index in [1.807, 2.05) is 0 Å². The third kappa shape index (κ3) is 2.44. The summed E-state index contributed by atoms with van der Waals surface area (Å²) in [7, 11) is -1.99. The summed E-state index contributed by atoms with van der Waals surface area (Å²) in [5.74, 6) is 0.276. The summed E-state index contributed by atoms with van der Waals surface area (Å²) >= 11 is 6.19. The monoisotopic (exact) mass is 370 g/mol. The number of hydrogen-bond acceptors (Lipinski definition) is 4. The number of aliphatic hydroxyl groups is 1. The fourth-order valence-corrected chi connectivity index (χ4v) is 5.51. The highest BCUT2D eigenvalue weighted by atomic mass is 35.5. The van der Waals surface area contributed by atoms with E-state index < -0.39 is 15.8 Å². The molecule has 1 saturated carbocycles. The fourth-order valence-electron chi connectivity index (χ4n) is 4.26. The fraction of sp³-hybridized carbons (Fsp3) is 0.533. The first-order valence-corrected chi connectivity index (χ1v) is 9.68. The van der Waals surface area contributed by atoms with E-state index in [1.165, 1.54) is 11.4 Å². The van der Waals surface area contributed by atoms with Gasteiger partial charge in [-0.05, 0) is 42.4 Å². The topological polar surface area (TPSA) is 98.3 Å². The molecule has 2 heterocycles. The molecule has 2 fully saturated rings. The summed E-state index contributed by atoms with van der Waals surface area (Å²) in [6.07, 6.45) is 2.74. The Hall–Kier alpha value is -1.19. The minimum Gasteiger partial charge on any atom is -0.385 e. The first kappa shape index (κ1) is 16.3. The van der Waals surface area contributed by atoms with Crippen molar-refractivity contribution in [1.29, 1.82) is 0 Å². The van der Waals surface area contributed by atoms with Crippen LogP contribution in [0.2, 0.25) is 5.02 Å². The minimum absolute atomic E-state index is 0.138. The van der Waals surface area contributed by atoms with Gasteiger partial charge in [0.1, 0.15) is 0 Å². The number of benzene rings is 1. The van der Waals surface area contributed by atoms with Crippen LogP contribution < -0.4 is 4.72 Å². The number of H-pyrrole nitrogens is 1. The molecule has 1 aromatic heterocycles. The Morgan fingerprint density at radius 3 is 2.67 bits per heavy atom. The Morgan fingerprint density at radius 1 is 1.38 bits per heavy atom. The van der Waals surface area contributed by atoms with Crippen molar-refractivity contribution in [2.75, 3.05) is 20.1 Å². The summed E-state index contributed by atoms with van der Waals surface area (Å²) in [5.41, 5.74) is 0.566. The highest BCUT2D eigenvalue weighted by Crippen LogP contribution is 2.50. The largest absolute Gasteiger partial charge is 0.385 e. The lowest BCUT2D eigenvalue weighted by atomic mass is 9.88. The van der Waals surface area contributed by atoms with Crippen LogP contribution >= 0.6 is 11.6 Å². The molecule has 4 rings (SSSR count). The van der Waals surface area contributed by atoms with Crippen molar-refractivity contribution < 1.29 is 13.5 Å². The second kappa shape index (κ2) is 5.40. The van der Waals surface area contributed by atoms with Gasteiger partial charge in [-0.3, -0.25) is 5.10 Å². The molecular weight excluding hydrogens is 352 g/mol. The van der Waals surface area contributed by atoms with Crippen molar-refractivity contribution in [3.05, 3.63) is 28.9 Å². The molecule has 3 N–H and O–H groups in total. The van der Waals surface area contributed by atoms with Gasteiger partial charge in [0.25, 0.3) is 10.2 Å². The molecule has 1 aliphatic heterocycles. The molecule has 24 heavy (non-hydrogen) atoms. The van der Waals surface area contributed by atoms with Gasteiger partial charge in [0.15, 0.2) is 0 Å². The number of nitrogens with zero attached hydrogens (tertiary/aromatic N) is 2. The van der Waals surface area contributed by atoms with Crippen molar-refractivity contribution in [2.45, 2.75) is 18.4 Å². The van der Waals surface area contributed by atoms with E-state index in [1.54, 1.807) is 18.3 Å². The number of nitrogens with one attached hydrogen (secondary N) is 2. The zero-order chi connectivity index (χ0) is 17.1. The predicted octanol–water partition coefficient (Wildman–Crippen LogP) is 1.21. The zero-order valence-corrected chi connectivity index (χ0v) is 14.7. The van der Waals surface area contributed by atoms with E-state index in [0.717, 1.165) is 16.5 Å². The van der Waals surface area contributed by atoms with Crippen LogP contribution in [0.5, 0.6) is 0 Å². The number of aromatic amines is 1. The van der Waals surface area contributed by atoms with Gasteiger partial charge in [0, 0.05) is 30.5 Å². The maximum absolute atomic E-state index is 12.0. The lowest BCUT2D eigenvalue weighted by Crippen LogP contribution is -2.38. The molecule has 7 nitrogen and oxygen atoms in total. The van der Waals surface area contributed by atoms with E-state index >= 15 is 0 Å². The quantitative estimate of drug-likeness (QED) is 0.756. The Balaban J connectivity index is 1.65. The van der Waals surface area contributed by atoms with Crippen LogP contribution in [0.15, 0.2) is 18.3 Å². The summed E-state index contributed by atoms with van der Waals surface area (Å²) < 4.78 is 27.8. The summed E-state index contributed by atoms with van der Waals surface area (Å²) in [6, 6.07) is 3.58. The lowest BCUT2D eigenvalue weighted by molar-refractivity contribution is 0.0353. The third-order valence-electron chi connectivity index (χ3n) is 5.37. The van der Waals surface area contributed by atoms with Crippen LogP contribution in [0.1, 0.15) is 18.4 Å². The smallest absolute Gasteiger partial charge is 0.279 e. The van der Waals surface area contributed by atoms with Crippen LogP contribution in [0.3, 0.4) is 0 Å². The van der Waals surface area contributed by atoms with Gasteiger partial charge in [-0.2, -0.15) is 17.8 Å². The Bertz CT molecular complexity index is 883. The van der Waals surface area contributed by atoms with Gasteiger partial charge in [-0.25, -0.2) is 4.72 Å². The Kier molecular flexibility index (Phi) is 3.67. The van der Waals surface area contributed by atoms with Gasteiger partial charge in [0.2, 0.25) is 0 Å². The van der Waals surface area contributed by atoms with Crippen LogP contribution in [0.4, 0.5) is 0 Å². The molecule has 0 bridgehead atoms. The number of rotatable bonds is 3. The second-order valence-corrected chi connectivity index (χ2v) is 9.08. The molecular formula is C15H19ClN4O3S. The van der Waals surface area contributed by atoms with Gasteiger partial charge in [-0.15, -0.1) is 0 Å². The maximum Gasteiger partial charge on any atom is 0.279 e. The normalized spacial score (nSPS) is 31.0. The van der Waals surface area contributed by atoms with E-state index in [-0.39, 0.29) is 11.8 Å². The van der Waals surface area contributed by atoms with Crippen LogP contribution in [0, 0.1) is 11.8 Å². The highest BCUT2D eigenvalue weighted by Gasteiger charge is 2.51. The average molecular weight is 371 g/mol. The molecule has 2 aliphatic rings. The molecule has 2 aromatic rings. The SMILES string of the molecule is CNS(=O)(=O)N1CC2CC(O)(c3cc(Cl)cc4[nH]ncc34)CC2C1. The summed E-state index contributed by atoms with van der Waals surface area (Å²) in [5, 5.41) is 19.6. The van der Waals surface area contributed by atoms with E-state index in [0.29, 0.717) is 31.0 Å². The van der Waals surface area contributed by atoms with Crippen LogP contribution in [0.25, 0.3) is 10.9 Å². The molecule has 130 valence electrons. The number of hydrogen-bond donors (Lipinski definition) is 3. The second-order valence-electron chi connectivity index (χ2n) is 6.77. The highest BCUT2D eigenvalue weighted by molar-refractivity contribution is 7.87. The molecule has 2 unspecified atom stereocenters. The van der Waals surface area contributed by atoms with Gasteiger partial charge in [-0.1, -0.05) is 11.6 Å². The van der Waals surface area contributed by atoms with Crippen molar-refractivity contribution in [2.24, 2.45) is 11.8 Å². The van der Waals surface area contributed by atoms with Crippen LogP contribution in [-0.2, 0) is 15.8 Å². The Morgan fingerprint density at radius 2 is 2.04 bits per heavy atom. The molecule has 9 heteroatoms. The first-order chi connectivity index (χ1) is 11.3. The zero-order valence-electron chi connectivity index (χ0n) is 13.2. The van der Waals surface area contributed by atoms with Crippen molar-refractivity contribution in [3.63, 3.8) is 0 Å². The molecule has 0 radical (unpaired) electrons. The lowest BCUT2D eigenvalue weighted by Gasteiger charge is -2.27. The third-order valence-corrected chi connectivity index (χ3v) is 7.08. The number of aromatic nitrogens is 2. The predicted molar refractivity (Wildman–Crippen MR) is 90.8 cm³/mol. The first-order valence-electron chi connectivity index (χ1n) is 7.86. The Labute approximate surface area is 145 Å². The van der Waals surface area contributed by atoms with Crippen molar-refractivity contribution in [1.82, 2.24) is 19.2 Å². The molecule has 2 atom stereocenters. The standard InChI is InChI=1S/C15H19ClN4O3S/c1-17-24(22,23)20-7-9-4-15(21,5-10(9)8-20)13-2-11(16)3-14-12(13)6-18-19-14/h2-3,6,9-10,17,21H,4-5,7-8H2,1H3,(H,18,19). The molecule has 1 aromatic carbocycles. The van der Waals surface area contributed by atoms with E-state index in [9.17, 15) is 13.5 Å². The van der Waals surface area contributed by atoms with Gasteiger partial charge < -0.3 is 5.11 Å². The van der Waals surface area contributed by atoms with Gasteiger partial charge in [0.05, 0.1) is 17.3 Å². The molecule has 0 spiro atoms. The molecule has 0 amide bonds. The molecule has 1 saturated heterocycles. The summed E-state index contributed by atoms with van der Waals surface area (Å²) in [4.78, 5) is 0. The van der Waals surface area contributed by atoms with Gasteiger partial charge >= 0.3 is 0 Å². The molecule has 1 aliphatic carbocycles. The maximum atomic E-state index is 12.0. The number of halogens is 1. The van der Waals surface area contributed by atoms with Crippen molar-refractivity contribution in [3.8, 4) is 0 Å². The summed E-state index contributed by atoms with van der Waals surface area (Å²) in [6.45, 7) is 0.872. The van der Waals surface area contributed by atoms with E-state index in [4.69, 9.17) is 11.6 Å².